The molecule has 4 aromatic heterocycles. The van der Waals surface area contributed by atoms with E-state index in [0.29, 0.717) is 0 Å². The second kappa shape index (κ2) is 8.24. The molecule has 0 radical (unpaired) electrons. The van der Waals surface area contributed by atoms with Gasteiger partial charge in [-0.05, 0) is 0 Å². The van der Waals surface area contributed by atoms with E-state index in [1.807, 2.05) is 0 Å². The second-order valence-electron chi connectivity index (χ2n) is 10.9. The van der Waals surface area contributed by atoms with E-state index in [1.165, 1.54) is 0 Å². The van der Waals surface area contributed by atoms with E-state index in [9.17, 15) is 0 Å². The van der Waals surface area contributed by atoms with Gasteiger partial charge in [-0.15, -0.1) is 0 Å². The quantitative estimate of drug-likeness (QED) is 0.0975. The molecule has 10 rings (SSSR count). The molecule has 0 saturated carbocycles. The van der Waals surface area contributed by atoms with E-state index in [4.69, 9.17) is 8.58 Å². The van der Waals surface area contributed by atoms with Crippen LogP contribution in [0.25, 0.3) is 43.1 Å². The van der Waals surface area contributed by atoms with Crippen molar-refractivity contribution in [2.45, 2.75) is 0 Å². The number of H-pyrrole nitrogens is 2. The topological polar surface area (TPSA) is 89.6 Å². The molecular weight excluding hydrogens is 647 g/mol. The summed E-state index contributed by atoms with van der Waals surface area (Å²) in [4.78, 5) is 7.36. The Morgan fingerprint density at radius 3 is 0.881 bits per heavy atom. The molecule has 10 heteroatoms. The van der Waals surface area contributed by atoms with Crippen LogP contribution in [-0.2, 0) is 0 Å². The molecule has 0 saturated heterocycles. The summed E-state index contributed by atoms with van der Waals surface area (Å²) < 4.78 is 4.73. The number of benzene rings is 4. The zero-order chi connectivity index (χ0) is 27.5. The summed E-state index contributed by atoms with van der Waals surface area (Å²) in [7, 11) is 7.92. The summed E-state index contributed by atoms with van der Waals surface area (Å²) in [6.07, 6.45) is 0. The number of hydrogen-bond donors (Lipinski definition) is 6. The molecule has 0 aliphatic carbocycles. The third-order valence-corrected chi connectivity index (χ3v) is 16.7. The van der Waals surface area contributed by atoms with Crippen molar-refractivity contribution in [3.63, 3.8) is 0 Å². The fourth-order valence-corrected chi connectivity index (χ4v) is 14.8. The van der Waals surface area contributed by atoms with Gasteiger partial charge in [-0.1, -0.05) is 0 Å². The monoisotopic (exact) mass is 668 g/mol. The van der Waals surface area contributed by atoms with Gasteiger partial charge in [-0.3, -0.25) is 0 Å². The predicted octanol–water partition coefficient (Wildman–Crippen LogP) is 8.78. The van der Waals surface area contributed by atoms with Gasteiger partial charge in [0, 0.05) is 0 Å². The number of fused-ring (bicyclic) bond motifs is 16. The van der Waals surface area contributed by atoms with E-state index in [0.717, 1.165) is 89.6 Å². The average Bonchev–Trinajstić information content (AvgIpc) is 3.74. The third-order valence-electron chi connectivity index (χ3n) is 8.67. The molecular formula is C32H22ClInN8. The number of rotatable bonds is 0. The normalized spacial score (nSPS) is 13.6. The van der Waals surface area contributed by atoms with Gasteiger partial charge < -0.3 is 0 Å². The summed E-state index contributed by atoms with van der Waals surface area (Å²) in [6.45, 7) is 0. The molecule has 8 nitrogen and oxygen atoms in total. The van der Waals surface area contributed by atoms with Crippen LogP contribution in [0.15, 0.2) is 97.1 Å². The third kappa shape index (κ3) is 2.94. The van der Waals surface area contributed by atoms with Crippen molar-refractivity contribution in [2.24, 2.45) is 0 Å². The van der Waals surface area contributed by atoms with Crippen molar-refractivity contribution in [2.75, 3.05) is 21.3 Å². The first-order valence-electron chi connectivity index (χ1n) is 13.9. The summed E-state index contributed by atoms with van der Waals surface area (Å²) in [5, 5.41) is 24.1. The molecule has 6 heterocycles. The van der Waals surface area contributed by atoms with Crippen LogP contribution in [0.3, 0.4) is 0 Å². The summed E-state index contributed by atoms with van der Waals surface area (Å²) in [5.74, 6) is 7.66. The minimum absolute atomic E-state index is 0.932. The fourth-order valence-electron chi connectivity index (χ4n) is 6.81. The van der Waals surface area contributed by atoms with Crippen LogP contribution in [0.1, 0.15) is 0 Å². The van der Waals surface area contributed by atoms with Crippen LogP contribution in [0.5, 0.6) is 0 Å². The first kappa shape index (κ1) is 23.0. The van der Waals surface area contributed by atoms with Crippen molar-refractivity contribution < 1.29 is 0 Å². The van der Waals surface area contributed by atoms with Crippen molar-refractivity contribution >= 4 is 119 Å². The SMILES string of the molecule is [Cl][In]1[n]2c3c4ccccc4c2Nc2[nH]c(c4ccccc24)Nc2c4ccccc4c([n]21)Nc1[nH]c(c2ccccc12)N3. The number of aromatic amines is 2. The molecule has 4 aromatic carbocycles. The van der Waals surface area contributed by atoms with Crippen LogP contribution in [-0.4, -0.2) is 35.9 Å². The van der Waals surface area contributed by atoms with Crippen LogP contribution in [0.2, 0.25) is 0 Å². The summed E-state index contributed by atoms with van der Waals surface area (Å²) in [6, 6.07) is 34.0. The van der Waals surface area contributed by atoms with Crippen LogP contribution >= 0.6 is 8.58 Å². The number of anilines is 8. The van der Waals surface area contributed by atoms with Crippen LogP contribution < -0.4 is 21.3 Å². The Morgan fingerprint density at radius 2 is 0.619 bits per heavy atom. The van der Waals surface area contributed by atoms with Gasteiger partial charge in [0.15, 0.2) is 0 Å². The Balaban J connectivity index is 1.43. The average molecular weight is 669 g/mol. The fraction of sp³-hybridized carbons (Fsp3) is 0. The van der Waals surface area contributed by atoms with Crippen molar-refractivity contribution in [3.05, 3.63) is 97.1 Å². The molecule has 0 unspecified atom stereocenters. The van der Waals surface area contributed by atoms with Gasteiger partial charge in [0.25, 0.3) is 0 Å². The molecule has 0 amide bonds. The number of halogens is 1. The van der Waals surface area contributed by atoms with Gasteiger partial charge >= 0.3 is 252 Å². The molecule has 42 heavy (non-hydrogen) atoms. The second-order valence-corrected chi connectivity index (χ2v) is 18.2. The van der Waals surface area contributed by atoms with Gasteiger partial charge in [0.1, 0.15) is 0 Å². The zero-order valence-electron chi connectivity index (χ0n) is 22.1. The molecule has 2 aliphatic rings. The van der Waals surface area contributed by atoms with E-state index in [-0.39, 0.29) is 0 Å². The molecule has 200 valence electrons. The maximum absolute atomic E-state index is 7.92. The first-order valence-corrected chi connectivity index (χ1v) is 21.1. The van der Waals surface area contributed by atoms with Gasteiger partial charge in [-0.2, -0.15) is 0 Å². The van der Waals surface area contributed by atoms with Crippen molar-refractivity contribution in [1.29, 1.82) is 0 Å². The predicted molar refractivity (Wildman–Crippen MR) is 176 cm³/mol. The van der Waals surface area contributed by atoms with Gasteiger partial charge in [-0.25, -0.2) is 0 Å². The number of hydrogen-bond acceptors (Lipinski definition) is 4. The van der Waals surface area contributed by atoms with Gasteiger partial charge in [0.05, 0.1) is 0 Å². The molecule has 0 atom stereocenters. The van der Waals surface area contributed by atoms with E-state index in [2.05, 4.69) is 133 Å². The molecule has 8 aromatic rings. The zero-order valence-corrected chi connectivity index (χ0v) is 26.1. The summed E-state index contributed by atoms with van der Waals surface area (Å²) >= 11 is -3.54. The first-order chi connectivity index (χ1) is 20.7. The van der Waals surface area contributed by atoms with Gasteiger partial charge in [0.2, 0.25) is 0 Å². The van der Waals surface area contributed by atoms with Crippen LogP contribution in [0, 0.1) is 0 Å². The van der Waals surface area contributed by atoms with E-state index >= 15 is 0 Å². The molecule has 0 fully saturated rings. The van der Waals surface area contributed by atoms with E-state index in [1.54, 1.807) is 0 Å². The molecule has 2 aliphatic heterocycles. The standard InChI is InChI=1S/C32H22N8.ClH.In/c1-2-10-18-17(9-1)25-33-26(18)38-28-21-13-5-6-14-22(21)30(35-28)40-32-24-16-8-7-15-23(24)31(36-32)39-29-20-12-4-3-11-19(20)27(34-29)37-25;;/h1-16,33,36-40H;1H;/q-2;;+3/p-1. The molecule has 6 bridgehead atoms. The van der Waals surface area contributed by atoms with E-state index < -0.39 is 20.8 Å². The van der Waals surface area contributed by atoms with Crippen LogP contribution in [0.4, 0.5) is 46.5 Å². The van der Waals surface area contributed by atoms with Crippen molar-refractivity contribution in [1.82, 2.24) is 15.1 Å². The summed E-state index contributed by atoms with van der Waals surface area (Å²) in [5.41, 5.74) is 0. The minimum atomic E-state index is -3.54. The number of nitrogens with one attached hydrogen (secondary N) is 6. The number of nitrogens with zero attached hydrogens (tertiary/aromatic N) is 2. The Kier molecular flexibility index (Phi) is 4.52. The molecule has 0 spiro atoms. The molecule has 6 N–H and O–H groups in total. The maximum atomic E-state index is 7.92. The Morgan fingerprint density at radius 1 is 0.381 bits per heavy atom. The Labute approximate surface area is 251 Å². The number of aromatic nitrogens is 4. The van der Waals surface area contributed by atoms with Crippen molar-refractivity contribution in [3.8, 4) is 0 Å². The Bertz CT molecular complexity index is 2090. The Hall–Kier alpha value is -4.60.